The number of carbonyl (C=O) groups is 9. The van der Waals surface area contributed by atoms with Crippen molar-refractivity contribution in [3.63, 3.8) is 0 Å². The Morgan fingerprint density at radius 3 is 1.84 bits per heavy atom. The smallest absolute Gasteiger partial charge is 0.434 e. The Kier molecular flexibility index (Phi) is 47.7. The molecular weight excluding hydrogens is 1880 g/mol. The molecule has 43 heteroatoms. The highest BCUT2D eigenvalue weighted by Gasteiger charge is 2.42. The number of carbonyl (C=O) groups excluding carboxylic acids is 7. The number of esters is 2. The van der Waals surface area contributed by atoms with Crippen LogP contribution in [0, 0.1) is 13.7 Å². The van der Waals surface area contributed by atoms with Crippen molar-refractivity contribution in [2.24, 2.45) is 0 Å². The molecule has 38 nitrogen and oxygen atoms in total. The van der Waals surface area contributed by atoms with E-state index in [0.717, 1.165) is 38.1 Å². The Morgan fingerprint density at radius 2 is 1.23 bits per heavy atom. The van der Waals surface area contributed by atoms with Crippen LogP contribution in [0.3, 0.4) is 0 Å². The molecule has 0 aliphatic carbocycles. The number of aliphatic carboxylic acids is 2. The van der Waals surface area contributed by atoms with Crippen molar-refractivity contribution in [2.75, 3.05) is 195 Å². The standard InChI is InChI=1S/C90H129F3IN15O23S/c1-8-12-51-131-83(117)64-105-46-41-102(40-42-103(62-80(112)113)43-44-104(45-47-105)63-81(114)115)61-78(111)95-36-16-15-22-71(100-86(119)72(32-35-82(116)132-89(5,6)7)99-77(110)25-17-20-65-26-28-66(94)29-27-65)85(118)96-38-52-126-54-56-128-58-57-127-55-53-125-50-19-39-107(133(123,124)76-24-14-13-23-75(76)109(121)122)60-73-74(33-31-70(98-73)68-21-18-37-97-87(68)130-11-4)108-49-48-106(59-67(108)9-2)88(120)69-30-34-79(129-10-3)101-84(69)90(91,92)93/h13-14,18,21,23-24,26-31,33-34,37,67,71-72H,8-12,15-17,19-20,22,25,32,35-36,38-64H2,1-7H3,(H,95,111)(H,96,118)(H,99,110)(H,100,119)(H,112,113)(H,114,115)/t67-,71-,72-/m1/s1. The number of hydrogen-bond donors (Lipinski definition) is 6. The molecule has 5 heterocycles. The number of nitrogens with one attached hydrogen (secondary N) is 4. The molecule has 2 fully saturated rings. The predicted molar refractivity (Wildman–Crippen MR) is 493 cm³/mol. The summed E-state index contributed by atoms with van der Waals surface area (Å²) in [4.78, 5) is 154. The molecule has 3 aromatic heterocycles. The van der Waals surface area contributed by atoms with Gasteiger partial charge in [-0.1, -0.05) is 44.5 Å². The summed E-state index contributed by atoms with van der Waals surface area (Å²) in [6.07, 6.45) is -0.110. The van der Waals surface area contributed by atoms with E-state index in [4.69, 9.17) is 42.9 Å². The predicted octanol–water partition coefficient (Wildman–Crippen LogP) is 7.51. The van der Waals surface area contributed by atoms with Gasteiger partial charge in [0, 0.05) is 139 Å². The van der Waals surface area contributed by atoms with Gasteiger partial charge in [0.1, 0.15) is 17.7 Å². The second kappa shape index (κ2) is 57.7. The summed E-state index contributed by atoms with van der Waals surface area (Å²) in [5, 5.41) is 43.3. The maximum Gasteiger partial charge on any atom is 0.434 e. The number of nitro groups is 1. The van der Waals surface area contributed by atoms with E-state index in [1.807, 2.05) is 52.8 Å². The number of aryl methyl sites for hydroxylation is 1. The van der Waals surface area contributed by atoms with Crippen LogP contribution in [-0.2, 0) is 95.9 Å². The maximum absolute atomic E-state index is 15.0. The summed E-state index contributed by atoms with van der Waals surface area (Å²) in [6.45, 7) is 14.2. The van der Waals surface area contributed by atoms with Gasteiger partial charge in [-0.05, 0) is 169 Å². The summed E-state index contributed by atoms with van der Waals surface area (Å²) in [7, 11) is -4.73. The number of halogens is 4. The van der Waals surface area contributed by atoms with Gasteiger partial charge in [-0.2, -0.15) is 17.5 Å². The molecule has 2 aliphatic heterocycles. The van der Waals surface area contributed by atoms with Crippen molar-refractivity contribution < 1.29 is 118 Å². The number of carboxylic acids is 2. The molecule has 0 radical (unpaired) electrons. The van der Waals surface area contributed by atoms with Crippen LogP contribution < -0.4 is 35.6 Å². The van der Waals surface area contributed by atoms with Crippen molar-refractivity contribution in [1.29, 1.82) is 0 Å². The van der Waals surface area contributed by atoms with E-state index in [0.29, 0.717) is 62.0 Å². The Balaban J connectivity index is 0.937. The summed E-state index contributed by atoms with van der Waals surface area (Å²) in [5.41, 5.74) is -1.12. The molecule has 133 heavy (non-hydrogen) atoms. The number of amides is 5. The van der Waals surface area contributed by atoms with Crippen molar-refractivity contribution >= 4 is 97.4 Å². The molecule has 0 spiro atoms. The van der Waals surface area contributed by atoms with Crippen LogP contribution in [0.4, 0.5) is 24.5 Å². The van der Waals surface area contributed by atoms with E-state index in [2.05, 4.69) is 53.8 Å². The Bertz CT molecular complexity index is 4660. The van der Waals surface area contributed by atoms with Gasteiger partial charge >= 0.3 is 30.1 Å². The van der Waals surface area contributed by atoms with E-state index in [1.54, 1.807) is 68.7 Å². The Hall–Kier alpha value is -9.97. The van der Waals surface area contributed by atoms with Crippen molar-refractivity contribution in [3.8, 4) is 23.0 Å². The number of pyridine rings is 3. The van der Waals surface area contributed by atoms with Crippen LogP contribution in [0.15, 0.2) is 96.0 Å². The van der Waals surface area contributed by atoms with Crippen LogP contribution >= 0.6 is 22.6 Å². The normalized spacial score (nSPS) is 15.2. The van der Waals surface area contributed by atoms with Crippen molar-refractivity contribution in [3.05, 3.63) is 127 Å². The van der Waals surface area contributed by atoms with Gasteiger partial charge < -0.3 is 79.2 Å². The number of rotatable bonds is 56. The van der Waals surface area contributed by atoms with Crippen molar-refractivity contribution in [2.45, 2.75) is 167 Å². The number of sulfonamides is 1. The molecule has 3 atom stereocenters. The molecule has 736 valence electrons. The van der Waals surface area contributed by atoms with Crippen molar-refractivity contribution in [1.82, 2.24) is 65.0 Å². The zero-order valence-electron chi connectivity index (χ0n) is 76.9. The number of alkyl halides is 3. The van der Waals surface area contributed by atoms with E-state index in [-0.39, 0.29) is 239 Å². The van der Waals surface area contributed by atoms with Gasteiger partial charge in [0.05, 0.1) is 132 Å². The summed E-state index contributed by atoms with van der Waals surface area (Å²) >= 11 is 2.21. The molecule has 7 rings (SSSR count). The molecular formula is C90H129F3IN15O23S. The number of piperazine rings is 1. The third kappa shape index (κ3) is 39.5. The SMILES string of the molecule is CCCCOC(=O)CN1CCN(CC(=O)O)CCN(CC(=O)O)CCN(CC(=O)NCCCC[C@@H](NC(=O)[C@@H](CCC(=O)OC(C)(C)C)NC(=O)CCCc2ccc(I)cc2)C(=O)NCCOCCOCCOCCOCCCN(Cc2nc(-c3cccnc3OCC)ccc2N2CCN(C(=O)c3ccc(OCC)nc3C(F)(F)F)C[C@H]2CC)S(=O)(=O)c2ccccc2[N+](=O)[O-])CC1. The molecule has 0 unspecified atom stereocenters. The minimum Gasteiger partial charge on any atom is -0.480 e. The van der Waals surface area contributed by atoms with E-state index in [1.165, 1.54) is 29.3 Å². The molecule has 0 bridgehead atoms. The molecule has 5 aromatic rings. The van der Waals surface area contributed by atoms with Crippen LogP contribution in [0.25, 0.3) is 11.3 Å². The molecule has 6 N–H and O–H groups in total. The van der Waals surface area contributed by atoms with Gasteiger partial charge in [0.25, 0.3) is 11.6 Å². The minimum atomic E-state index is -4.99. The molecule has 2 saturated heterocycles. The lowest BCUT2D eigenvalue weighted by Gasteiger charge is -2.43. The number of hydrogen-bond acceptors (Lipinski definition) is 29. The highest BCUT2D eigenvalue weighted by Crippen LogP contribution is 2.37. The highest BCUT2D eigenvalue weighted by molar-refractivity contribution is 14.1. The quantitative estimate of drug-likeness (QED) is 0.00720. The zero-order valence-corrected chi connectivity index (χ0v) is 79.9. The van der Waals surface area contributed by atoms with Gasteiger partial charge in [0.2, 0.25) is 45.4 Å². The van der Waals surface area contributed by atoms with E-state index >= 15 is 8.42 Å². The number of aromatic nitrogens is 3. The van der Waals surface area contributed by atoms with Crippen LogP contribution in [0.2, 0.25) is 0 Å². The lowest BCUT2D eigenvalue weighted by Crippen LogP contribution is -2.55. The second-order valence-electron chi connectivity index (χ2n) is 32.7. The average molecular weight is 2010 g/mol. The fourth-order valence-electron chi connectivity index (χ4n) is 14.6. The fraction of sp³-hybridized carbons (Fsp3) is 0.600. The van der Waals surface area contributed by atoms with Crippen LogP contribution in [0.1, 0.15) is 146 Å². The molecule has 0 saturated carbocycles. The van der Waals surface area contributed by atoms with Crippen LogP contribution in [-0.4, -0.2) is 335 Å². The van der Waals surface area contributed by atoms with Gasteiger partial charge in [-0.3, -0.25) is 72.9 Å². The van der Waals surface area contributed by atoms with E-state index < -0.39 is 121 Å². The molecule has 2 aromatic carbocycles. The summed E-state index contributed by atoms with van der Waals surface area (Å²) in [5.74, 6) is -6.25. The number of nitro benzene ring substituents is 1. The van der Waals surface area contributed by atoms with E-state index in [9.17, 15) is 76.6 Å². The van der Waals surface area contributed by atoms with Gasteiger partial charge in [-0.15, -0.1) is 0 Å². The number of benzene rings is 2. The third-order valence-electron chi connectivity index (χ3n) is 21.3. The number of unbranched alkanes of at least 4 members (excludes halogenated alkanes) is 2. The molecule has 2 aliphatic rings. The topological polar surface area (TPSA) is 455 Å². The number of ether oxygens (including phenoxy) is 8. The minimum absolute atomic E-state index is 0.000996. The summed E-state index contributed by atoms with van der Waals surface area (Å²) in [6, 6.07) is 18.9. The third-order valence-corrected chi connectivity index (χ3v) is 24.0. The first kappa shape index (κ1) is 110. The average Bonchev–Trinajstić information content (AvgIpc) is 0.773. The summed E-state index contributed by atoms with van der Waals surface area (Å²) < 4.78 is 121. The van der Waals surface area contributed by atoms with Gasteiger partial charge in [0.15, 0.2) is 10.6 Å². The zero-order chi connectivity index (χ0) is 96.9. The Morgan fingerprint density at radius 1 is 0.617 bits per heavy atom. The largest absolute Gasteiger partial charge is 0.480 e. The number of para-hydroxylation sites is 1. The maximum atomic E-state index is 15.0. The lowest BCUT2D eigenvalue weighted by atomic mass is 10.0. The first-order valence-electron chi connectivity index (χ1n) is 45.1. The second-order valence-corrected chi connectivity index (χ2v) is 35.8. The fourth-order valence-corrected chi connectivity index (χ4v) is 16.6. The highest BCUT2D eigenvalue weighted by atomic mass is 127. The first-order chi connectivity index (χ1) is 63.6. The molecule has 5 amide bonds. The first-order valence-corrected chi connectivity index (χ1v) is 47.6. The van der Waals surface area contributed by atoms with Crippen LogP contribution in [0.5, 0.6) is 11.8 Å². The number of nitrogens with zero attached hydrogens (tertiary/aromatic N) is 11. The monoisotopic (exact) mass is 2000 g/mol. The number of carboxylic acid groups (broad SMARTS) is 2. The Labute approximate surface area is 788 Å². The number of anilines is 1. The van der Waals surface area contributed by atoms with Gasteiger partial charge in [-0.25, -0.2) is 23.4 Å². The lowest BCUT2D eigenvalue weighted by molar-refractivity contribution is -0.387.